The Labute approximate surface area is 114 Å². The molecule has 0 saturated heterocycles. The van der Waals surface area contributed by atoms with Gasteiger partial charge in [-0.1, -0.05) is 22.6 Å². The monoisotopic (exact) mass is 380 g/mol. The third-order valence-electron chi connectivity index (χ3n) is 2.12. The second-order valence-corrected chi connectivity index (χ2v) is 4.66. The van der Waals surface area contributed by atoms with Crippen molar-refractivity contribution >= 4 is 22.6 Å². The number of hydrogen-bond donors (Lipinski definition) is 0. The lowest BCUT2D eigenvalue weighted by Crippen LogP contribution is -2.19. The summed E-state index contributed by atoms with van der Waals surface area (Å²) in [5.74, 6) is -4.08. The first-order valence-electron chi connectivity index (χ1n) is 5.13. The van der Waals surface area contributed by atoms with Gasteiger partial charge in [-0.15, -0.1) is 13.2 Å². The molecule has 1 aromatic rings. The van der Waals surface area contributed by atoms with Gasteiger partial charge in [0.2, 0.25) is 5.75 Å². The fraction of sp³-hybridized carbons (Fsp3) is 0.455. The molecule has 0 N–H and O–H groups in total. The maximum Gasteiger partial charge on any atom is 0.573 e. The molecule has 0 aliphatic carbocycles. The van der Waals surface area contributed by atoms with Gasteiger partial charge in [-0.3, -0.25) is 0 Å². The lowest BCUT2D eigenvalue weighted by atomic mass is 10.1. The zero-order valence-corrected chi connectivity index (χ0v) is 11.3. The Balaban J connectivity index is 2.84. The number of hydrogen-bond acceptors (Lipinski definition) is 1. The van der Waals surface area contributed by atoms with Crippen molar-refractivity contribution in [2.75, 3.05) is 4.43 Å². The molecule has 102 valence electrons. The molecule has 0 heterocycles. The second-order valence-electron chi connectivity index (χ2n) is 3.58. The fourth-order valence-electron chi connectivity index (χ4n) is 1.39. The topological polar surface area (TPSA) is 9.23 Å². The van der Waals surface area contributed by atoms with E-state index in [2.05, 4.69) is 27.3 Å². The lowest BCUT2D eigenvalue weighted by molar-refractivity contribution is -0.276. The van der Waals surface area contributed by atoms with Crippen LogP contribution in [0, 0.1) is 11.6 Å². The number of alkyl halides is 4. The zero-order chi connectivity index (χ0) is 13.8. The van der Waals surface area contributed by atoms with Crippen LogP contribution in [0.3, 0.4) is 0 Å². The summed E-state index contributed by atoms with van der Waals surface area (Å²) in [7, 11) is 0. The summed E-state index contributed by atoms with van der Waals surface area (Å²) in [6.45, 7) is 0. The fourth-order valence-corrected chi connectivity index (χ4v) is 1.93. The third-order valence-corrected chi connectivity index (χ3v) is 2.89. The van der Waals surface area contributed by atoms with Crippen molar-refractivity contribution in [1.29, 1.82) is 0 Å². The van der Waals surface area contributed by atoms with E-state index in [1.807, 2.05) is 0 Å². The highest BCUT2D eigenvalue weighted by molar-refractivity contribution is 14.1. The minimum absolute atomic E-state index is 0.323. The first-order valence-corrected chi connectivity index (χ1v) is 6.65. The molecule has 1 aromatic carbocycles. The molecule has 0 radical (unpaired) electrons. The minimum Gasteiger partial charge on any atom is -0.399 e. The highest BCUT2D eigenvalue weighted by Gasteiger charge is 2.34. The molecule has 0 spiro atoms. The molecule has 18 heavy (non-hydrogen) atoms. The first kappa shape index (κ1) is 15.5. The van der Waals surface area contributed by atoms with Gasteiger partial charge in [-0.05, 0) is 41.4 Å². The Kier molecular flexibility index (Phi) is 5.61. The Morgan fingerprint density at radius 1 is 1.06 bits per heavy atom. The van der Waals surface area contributed by atoms with Gasteiger partial charge in [-0.25, -0.2) is 8.78 Å². The Morgan fingerprint density at radius 3 is 2.06 bits per heavy atom. The molecular formula is C11H10F5IO. The largest absolute Gasteiger partial charge is 0.573 e. The van der Waals surface area contributed by atoms with Gasteiger partial charge >= 0.3 is 6.36 Å². The van der Waals surface area contributed by atoms with E-state index in [4.69, 9.17) is 0 Å². The quantitative estimate of drug-likeness (QED) is 0.314. The summed E-state index contributed by atoms with van der Waals surface area (Å²) in [5.41, 5.74) is 0.323. The molecule has 0 saturated carbocycles. The van der Waals surface area contributed by atoms with Gasteiger partial charge in [0.25, 0.3) is 0 Å². The van der Waals surface area contributed by atoms with E-state index < -0.39 is 23.7 Å². The number of aryl methyl sites for hydroxylation is 1. The second kappa shape index (κ2) is 6.53. The maximum atomic E-state index is 13.3. The predicted octanol–water partition coefficient (Wildman–Crippen LogP) is 4.62. The molecule has 1 rings (SSSR count). The summed E-state index contributed by atoms with van der Waals surface area (Å²) >= 11 is 2.17. The normalized spacial score (nSPS) is 11.7. The van der Waals surface area contributed by atoms with Crippen LogP contribution in [0.2, 0.25) is 0 Å². The number of ether oxygens (including phenoxy) is 1. The smallest absolute Gasteiger partial charge is 0.399 e. The van der Waals surface area contributed by atoms with Crippen LogP contribution in [0.4, 0.5) is 22.0 Å². The van der Waals surface area contributed by atoms with Crippen LogP contribution >= 0.6 is 22.6 Å². The molecular weight excluding hydrogens is 370 g/mol. The average molecular weight is 380 g/mol. The van der Waals surface area contributed by atoms with E-state index >= 15 is 0 Å². The molecule has 0 aliphatic heterocycles. The van der Waals surface area contributed by atoms with Crippen molar-refractivity contribution in [1.82, 2.24) is 0 Å². The van der Waals surface area contributed by atoms with Crippen LogP contribution in [0.25, 0.3) is 0 Å². The summed E-state index contributed by atoms with van der Waals surface area (Å²) in [4.78, 5) is 0. The van der Waals surface area contributed by atoms with Gasteiger partial charge in [0.1, 0.15) is 0 Å². The van der Waals surface area contributed by atoms with Crippen molar-refractivity contribution in [3.05, 3.63) is 29.3 Å². The maximum absolute atomic E-state index is 13.3. The van der Waals surface area contributed by atoms with Crippen LogP contribution < -0.4 is 4.74 Å². The summed E-state index contributed by atoms with van der Waals surface area (Å²) < 4.78 is 66.5. The minimum atomic E-state index is -5.11. The van der Waals surface area contributed by atoms with E-state index in [9.17, 15) is 22.0 Å². The Bertz CT molecular complexity index is 382. The van der Waals surface area contributed by atoms with E-state index in [-0.39, 0.29) is 0 Å². The van der Waals surface area contributed by atoms with Crippen LogP contribution in [0.1, 0.15) is 18.4 Å². The zero-order valence-electron chi connectivity index (χ0n) is 9.16. The third kappa shape index (κ3) is 4.95. The van der Waals surface area contributed by atoms with Gasteiger partial charge < -0.3 is 4.74 Å². The molecule has 0 bridgehead atoms. The van der Waals surface area contributed by atoms with Gasteiger partial charge in [0.15, 0.2) is 11.6 Å². The highest BCUT2D eigenvalue weighted by atomic mass is 127. The Hall–Kier alpha value is -0.600. The van der Waals surface area contributed by atoms with Crippen molar-refractivity contribution in [3.8, 4) is 5.75 Å². The van der Waals surface area contributed by atoms with Crippen molar-refractivity contribution in [3.63, 3.8) is 0 Å². The molecule has 0 atom stereocenters. The SMILES string of the molecule is Fc1cc(CCCCI)cc(F)c1OC(F)(F)F. The first-order chi connectivity index (χ1) is 8.33. The molecule has 0 aliphatic rings. The van der Waals surface area contributed by atoms with Crippen LogP contribution in [-0.2, 0) is 6.42 Å². The molecule has 7 heteroatoms. The van der Waals surface area contributed by atoms with Gasteiger partial charge in [0, 0.05) is 0 Å². The molecule has 0 unspecified atom stereocenters. The van der Waals surface area contributed by atoms with Crippen LogP contribution in [0.5, 0.6) is 5.75 Å². The summed E-state index contributed by atoms with van der Waals surface area (Å²) in [6, 6.07) is 1.74. The summed E-state index contributed by atoms with van der Waals surface area (Å²) in [6.07, 6.45) is -3.08. The Morgan fingerprint density at radius 2 is 1.61 bits per heavy atom. The van der Waals surface area contributed by atoms with Crippen LogP contribution in [-0.4, -0.2) is 10.8 Å². The lowest BCUT2D eigenvalue weighted by Gasteiger charge is -2.11. The molecule has 0 aromatic heterocycles. The highest BCUT2D eigenvalue weighted by Crippen LogP contribution is 2.29. The van der Waals surface area contributed by atoms with Crippen molar-refractivity contribution in [2.24, 2.45) is 0 Å². The van der Waals surface area contributed by atoms with Gasteiger partial charge in [-0.2, -0.15) is 0 Å². The van der Waals surface area contributed by atoms with E-state index in [0.29, 0.717) is 12.0 Å². The number of rotatable bonds is 5. The van der Waals surface area contributed by atoms with E-state index in [1.54, 1.807) is 0 Å². The standard InChI is InChI=1S/C11H10F5IO/c12-8-5-7(3-1-2-4-17)6-9(13)10(8)18-11(14,15)16/h5-6H,1-4H2. The molecule has 1 nitrogen and oxygen atoms in total. The average Bonchev–Trinajstić information content (AvgIpc) is 2.23. The number of unbranched alkanes of at least 4 members (excludes halogenated alkanes) is 1. The summed E-state index contributed by atoms with van der Waals surface area (Å²) in [5, 5.41) is 0. The molecule has 0 fully saturated rings. The van der Waals surface area contributed by atoms with Crippen LogP contribution in [0.15, 0.2) is 12.1 Å². The van der Waals surface area contributed by atoms with E-state index in [0.717, 1.165) is 29.4 Å². The number of halogens is 6. The van der Waals surface area contributed by atoms with E-state index in [1.165, 1.54) is 0 Å². The number of benzene rings is 1. The van der Waals surface area contributed by atoms with Crippen molar-refractivity contribution in [2.45, 2.75) is 25.6 Å². The van der Waals surface area contributed by atoms with Crippen molar-refractivity contribution < 1.29 is 26.7 Å². The molecule has 0 amide bonds. The van der Waals surface area contributed by atoms with Gasteiger partial charge in [0.05, 0.1) is 0 Å². The predicted molar refractivity (Wildman–Crippen MR) is 64.9 cm³/mol.